The lowest BCUT2D eigenvalue weighted by Crippen LogP contribution is -2.39. The Morgan fingerprint density at radius 2 is 1.96 bits per heavy atom. The molecule has 6 nitrogen and oxygen atoms in total. The van der Waals surface area contributed by atoms with Crippen molar-refractivity contribution in [3.05, 3.63) is 65.6 Å². The Morgan fingerprint density at radius 3 is 2.73 bits per heavy atom. The van der Waals surface area contributed by atoms with E-state index in [4.69, 9.17) is 5.73 Å². The van der Waals surface area contributed by atoms with E-state index in [2.05, 4.69) is 10.2 Å². The number of benzene rings is 1. The standard InChI is InChI=1S/C19H21N5O.ClH/c20-12-14-6-8-15(9-7-14)19(25)23-10-3-4-16(13-23)18-22-21-17-5-1-2-11-24(17)18;/h1-2,5-9,11,16H,3-4,10,12-13,20H2;1H. The van der Waals surface area contributed by atoms with Crippen LogP contribution in [0.25, 0.3) is 5.65 Å². The van der Waals surface area contributed by atoms with E-state index in [1.165, 1.54) is 0 Å². The van der Waals surface area contributed by atoms with Gasteiger partial charge in [-0.1, -0.05) is 18.2 Å². The van der Waals surface area contributed by atoms with Crippen LogP contribution in [0.15, 0.2) is 48.7 Å². The summed E-state index contributed by atoms with van der Waals surface area (Å²) in [7, 11) is 0. The van der Waals surface area contributed by atoms with E-state index in [0.717, 1.165) is 36.4 Å². The highest BCUT2D eigenvalue weighted by Gasteiger charge is 2.28. The van der Waals surface area contributed by atoms with Crippen LogP contribution in [0.3, 0.4) is 0 Å². The number of carbonyl (C=O) groups is 1. The summed E-state index contributed by atoms with van der Waals surface area (Å²) in [5, 5.41) is 8.61. The van der Waals surface area contributed by atoms with Gasteiger partial charge in [0.15, 0.2) is 5.65 Å². The molecule has 136 valence electrons. The molecule has 0 aliphatic carbocycles. The van der Waals surface area contributed by atoms with Crippen LogP contribution in [0.5, 0.6) is 0 Å². The van der Waals surface area contributed by atoms with Crippen molar-refractivity contribution in [1.82, 2.24) is 19.5 Å². The highest BCUT2D eigenvalue weighted by Crippen LogP contribution is 2.27. The second-order valence-corrected chi connectivity index (χ2v) is 6.48. The number of fused-ring (bicyclic) bond motifs is 1. The highest BCUT2D eigenvalue weighted by molar-refractivity contribution is 5.94. The lowest BCUT2D eigenvalue weighted by molar-refractivity contribution is 0.0704. The predicted molar refractivity (Wildman–Crippen MR) is 102 cm³/mol. The molecule has 1 aromatic carbocycles. The summed E-state index contributed by atoms with van der Waals surface area (Å²) in [5.41, 5.74) is 8.21. The molecule has 0 saturated carbocycles. The number of nitrogens with two attached hydrogens (primary N) is 1. The summed E-state index contributed by atoms with van der Waals surface area (Å²) < 4.78 is 2.02. The first-order valence-corrected chi connectivity index (χ1v) is 8.64. The SMILES string of the molecule is Cl.NCc1ccc(C(=O)N2CCCC(c3nnc4ccccn34)C2)cc1. The van der Waals surface area contributed by atoms with E-state index in [1.54, 1.807) is 0 Å². The van der Waals surface area contributed by atoms with Crippen molar-refractivity contribution in [2.24, 2.45) is 5.73 Å². The molecule has 1 aliphatic rings. The molecule has 0 radical (unpaired) electrons. The highest BCUT2D eigenvalue weighted by atomic mass is 35.5. The monoisotopic (exact) mass is 371 g/mol. The van der Waals surface area contributed by atoms with Gasteiger partial charge in [-0.25, -0.2) is 0 Å². The van der Waals surface area contributed by atoms with Crippen LogP contribution in [0.4, 0.5) is 0 Å². The Hall–Kier alpha value is -2.44. The van der Waals surface area contributed by atoms with Crippen LogP contribution >= 0.6 is 12.4 Å². The van der Waals surface area contributed by atoms with Gasteiger partial charge in [-0.05, 0) is 42.7 Å². The van der Waals surface area contributed by atoms with E-state index in [1.807, 2.05) is 58.0 Å². The van der Waals surface area contributed by atoms with Crippen molar-refractivity contribution < 1.29 is 4.79 Å². The van der Waals surface area contributed by atoms with Gasteiger partial charge in [0.25, 0.3) is 5.91 Å². The van der Waals surface area contributed by atoms with Crippen LogP contribution in [-0.4, -0.2) is 38.5 Å². The zero-order valence-electron chi connectivity index (χ0n) is 14.4. The first-order chi connectivity index (χ1) is 12.3. The molecule has 3 aromatic rings. The van der Waals surface area contributed by atoms with Gasteiger partial charge in [-0.3, -0.25) is 9.20 Å². The van der Waals surface area contributed by atoms with Gasteiger partial charge in [-0.15, -0.1) is 22.6 Å². The van der Waals surface area contributed by atoms with Gasteiger partial charge < -0.3 is 10.6 Å². The van der Waals surface area contributed by atoms with Crippen molar-refractivity contribution in [2.45, 2.75) is 25.3 Å². The van der Waals surface area contributed by atoms with Gasteiger partial charge in [0, 0.05) is 37.3 Å². The zero-order chi connectivity index (χ0) is 17.2. The van der Waals surface area contributed by atoms with E-state index in [9.17, 15) is 4.79 Å². The fourth-order valence-electron chi connectivity index (χ4n) is 3.48. The quantitative estimate of drug-likeness (QED) is 0.767. The van der Waals surface area contributed by atoms with Crippen LogP contribution in [-0.2, 0) is 6.54 Å². The molecule has 4 rings (SSSR count). The molecule has 7 heteroatoms. The first kappa shape index (κ1) is 18.4. The minimum absolute atomic E-state index is 0. The first-order valence-electron chi connectivity index (χ1n) is 8.64. The smallest absolute Gasteiger partial charge is 0.253 e. The number of hydrogen-bond donors (Lipinski definition) is 1. The molecule has 1 saturated heterocycles. The maximum absolute atomic E-state index is 12.8. The Bertz CT molecular complexity index is 892. The third-order valence-corrected chi connectivity index (χ3v) is 4.85. The van der Waals surface area contributed by atoms with E-state index in [-0.39, 0.29) is 24.2 Å². The van der Waals surface area contributed by atoms with Crippen molar-refractivity contribution in [2.75, 3.05) is 13.1 Å². The zero-order valence-corrected chi connectivity index (χ0v) is 15.2. The number of aromatic nitrogens is 3. The molecule has 1 unspecified atom stereocenters. The van der Waals surface area contributed by atoms with Crippen molar-refractivity contribution in [3.8, 4) is 0 Å². The Morgan fingerprint density at radius 1 is 1.15 bits per heavy atom. The van der Waals surface area contributed by atoms with E-state index < -0.39 is 0 Å². The van der Waals surface area contributed by atoms with Crippen molar-refractivity contribution in [1.29, 1.82) is 0 Å². The fraction of sp³-hybridized carbons (Fsp3) is 0.316. The number of halogens is 1. The Balaban J connectivity index is 0.00000196. The topological polar surface area (TPSA) is 76.5 Å². The van der Waals surface area contributed by atoms with Gasteiger partial charge in [0.05, 0.1) is 0 Å². The van der Waals surface area contributed by atoms with Gasteiger partial charge in [0.1, 0.15) is 5.82 Å². The molecule has 26 heavy (non-hydrogen) atoms. The van der Waals surface area contributed by atoms with Crippen molar-refractivity contribution >= 4 is 24.0 Å². The minimum Gasteiger partial charge on any atom is -0.338 e. The fourth-order valence-corrected chi connectivity index (χ4v) is 3.48. The number of amides is 1. The molecule has 1 atom stereocenters. The number of rotatable bonds is 3. The summed E-state index contributed by atoms with van der Waals surface area (Å²) in [4.78, 5) is 14.8. The number of likely N-dealkylation sites (tertiary alicyclic amines) is 1. The number of piperidine rings is 1. The number of pyridine rings is 1. The Kier molecular flexibility index (Phi) is 5.54. The largest absolute Gasteiger partial charge is 0.338 e. The maximum Gasteiger partial charge on any atom is 0.253 e. The van der Waals surface area contributed by atoms with Crippen LogP contribution in [0.2, 0.25) is 0 Å². The molecule has 2 N–H and O–H groups in total. The molecule has 0 bridgehead atoms. The molecule has 1 aliphatic heterocycles. The van der Waals surface area contributed by atoms with E-state index in [0.29, 0.717) is 18.7 Å². The summed E-state index contributed by atoms with van der Waals surface area (Å²) in [6.45, 7) is 1.94. The second-order valence-electron chi connectivity index (χ2n) is 6.48. The second kappa shape index (κ2) is 7.85. The Labute approximate surface area is 158 Å². The lowest BCUT2D eigenvalue weighted by Gasteiger charge is -2.32. The molecule has 1 fully saturated rings. The van der Waals surface area contributed by atoms with Crippen molar-refractivity contribution in [3.63, 3.8) is 0 Å². The third kappa shape index (κ3) is 3.43. The summed E-state index contributed by atoms with van der Waals surface area (Å²) >= 11 is 0. The number of nitrogens with zero attached hydrogens (tertiary/aromatic N) is 4. The van der Waals surface area contributed by atoms with E-state index >= 15 is 0 Å². The predicted octanol–water partition coefficient (Wildman–Crippen LogP) is 2.63. The summed E-state index contributed by atoms with van der Waals surface area (Å²) in [6, 6.07) is 13.4. The molecule has 1 amide bonds. The number of hydrogen-bond acceptors (Lipinski definition) is 4. The number of carbonyl (C=O) groups excluding carboxylic acids is 1. The molecular weight excluding hydrogens is 350 g/mol. The average molecular weight is 372 g/mol. The van der Waals surface area contributed by atoms with Crippen LogP contribution in [0, 0.1) is 0 Å². The minimum atomic E-state index is 0. The normalized spacial score (nSPS) is 17.1. The molecule has 2 aromatic heterocycles. The summed E-state index contributed by atoms with van der Waals surface area (Å²) in [5.74, 6) is 1.21. The molecule has 0 spiro atoms. The maximum atomic E-state index is 12.8. The molecule has 3 heterocycles. The van der Waals surface area contributed by atoms with Crippen LogP contribution in [0.1, 0.15) is 40.5 Å². The van der Waals surface area contributed by atoms with Gasteiger partial charge >= 0.3 is 0 Å². The summed E-state index contributed by atoms with van der Waals surface area (Å²) in [6.07, 6.45) is 3.97. The average Bonchev–Trinajstić information content (AvgIpc) is 3.12. The molecular formula is C19H22ClN5O. The van der Waals surface area contributed by atoms with Crippen LogP contribution < -0.4 is 5.73 Å². The van der Waals surface area contributed by atoms with Gasteiger partial charge in [-0.2, -0.15) is 0 Å². The van der Waals surface area contributed by atoms with Gasteiger partial charge in [0.2, 0.25) is 0 Å². The lowest BCUT2D eigenvalue weighted by atomic mass is 9.96. The third-order valence-electron chi connectivity index (χ3n) is 4.85.